The number of halogens is 2. The number of pyridine rings is 1. The van der Waals surface area contributed by atoms with Gasteiger partial charge in [-0.1, -0.05) is 48.7 Å². The number of nitrogens with zero attached hydrogens (tertiary/aromatic N) is 2. The standard InChI is InChI=1S/C21H29N3O.2ClH/c1-18-9-8-10-19(15-18)16-24(17-20-11-5-7-14-23-20)21(25)12-4-2-3-6-13-22;;/h5,7-11,14-15H,2-4,6,12-13,16-17,22H2,1H3;2*1H. The monoisotopic (exact) mass is 411 g/mol. The van der Waals surface area contributed by atoms with Gasteiger partial charge in [-0.25, -0.2) is 0 Å². The molecule has 1 amide bonds. The van der Waals surface area contributed by atoms with E-state index in [0.717, 1.165) is 43.5 Å². The fraction of sp³-hybridized carbons (Fsp3) is 0.429. The molecule has 0 fully saturated rings. The third-order valence-corrected chi connectivity index (χ3v) is 4.23. The highest BCUT2D eigenvalue weighted by Gasteiger charge is 2.15. The average molecular weight is 412 g/mol. The van der Waals surface area contributed by atoms with Crippen molar-refractivity contribution >= 4 is 30.7 Å². The molecule has 0 saturated carbocycles. The van der Waals surface area contributed by atoms with E-state index in [9.17, 15) is 4.79 Å². The lowest BCUT2D eigenvalue weighted by Crippen LogP contribution is -2.30. The smallest absolute Gasteiger partial charge is 0.223 e. The summed E-state index contributed by atoms with van der Waals surface area (Å²) in [7, 11) is 0. The van der Waals surface area contributed by atoms with Crippen molar-refractivity contribution < 1.29 is 4.79 Å². The predicted octanol–water partition coefficient (Wildman–Crippen LogP) is 4.67. The number of carbonyl (C=O) groups excluding carboxylic acids is 1. The molecule has 1 aromatic carbocycles. The van der Waals surface area contributed by atoms with Gasteiger partial charge in [-0.05, 0) is 44.0 Å². The summed E-state index contributed by atoms with van der Waals surface area (Å²) in [4.78, 5) is 19.0. The van der Waals surface area contributed by atoms with Crippen molar-refractivity contribution in [1.82, 2.24) is 9.88 Å². The van der Waals surface area contributed by atoms with Crippen LogP contribution < -0.4 is 5.73 Å². The molecular weight excluding hydrogens is 381 g/mol. The summed E-state index contributed by atoms with van der Waals surface area (Å²) >= 11 is 0. The van der Waals surface area contributed by atoms with Crippen molar-refractivity contribution in [2.75, 3.05) is 6.54 Å². The highest BCUT2D eigenvalue weighted by atomic mass is 35.5. The number of benzene rings is 1. The molecular formula is C21H31Cl2N3O. The molecule has 0 bridgehead atoms. The zero-order chi connectivity index (χ0) is 17.9. The van der Waals surface area contributed by atoms with E-state index in [2.05, 4.69) is 30.1 Å². The Hall–Kier alpha value is -1.62. The van der Waals surface area contributed by atoms with Crippen LogP contribution in [0.3, 0.4) is 0 Å². The van der Waals surface area contributed by atoms with Gasteiger partial charge >= 0.3 is 0 Å². The molecule has 6 heteroatoms. The second-order valence-corrected chi connectivity index (χ2v) is 6.51. The maximum Gasteiger partial charge on any atom is 0.223 e. The lowest BCUT2D eigenvalue weighted by atomic mass is 10.1. The Morgan fingerprint density at radius 1 is 1.00 bits per heavy atom. The zero-order valence-corrected chi connectivity index (χ0v) is 17.6. The molecule has 2 aromatic rings. The van der Waals surface area contributed by atoms with Crippen LogP contribution in [0, 0.1) is 6.92 Å². The van der Waals surface area contributed by atoms with Gasteiger partial charge in [-0.15, -0.1) is 24.8 Å². The van der Waals surface area contributed by atoms with E-state index in [1.54, 1.807) is 6.20 Å². The summed E-state index contributed by atoms with van der Waals surface area (Å²) in [6.07, 6.45) is 6.48. The Bertz CT molecular complexity index is 653. The van der Waals surface area contributed by atoms with Crippen LogP contribution in [0.25, 0.3) is 0 Å². The Morgan fingerprint density at radius 3 is 2.44 bits per heavy atom. The highest BCUT2D eigenvalue weighted by Crippen LogP contribution is 2.13. The van der Waals surface area contributed by atoms with Crippen molar-refractivity contribution in [1.29, 1.82) is 0 Å². The van der Waals surface area contributed by atoms with Gasteiger partial charge in [0.05, 0.1) is 12.2 Å². The second-order valence-electron chi connectivity index (χ2n) is 6.51. The number of aryl methyl sites for hydroxylation is 1. The predicted molar refractivity (Wildman–Crippen MR) is 116 cm³/mol. The van der Waals surface area contributed by atoms with E-state index in [-0.39, 0.29) is 30.7 Å². The minimum absolute atomic E-state index is 0. The molecule has 2 N–H and O–H groups in total. The molecule has 150 valence electrons. The van der Waals surface area contributed by atoms with Crippen LogP contribution >= 0.6 is 24.8 Å². The van der Waals surface area contributed by atoms with Gasteiger partial charge in [0.2, 0.25) is 5.91 Å². The first-order valence-corrected chi connectivity index (χ1v) is 9.12. The van der Waals surface area contributed by atoms with E-state index in [4.69, 9.17) is 5.73 Å². The Morgan fingerprint density at radius 2 is 1.78 bits per heavy atom. The molecule has 2 rings (SSSR count). The SMILES string of the molecule is Cc1cccc(CN(Cc2ccccn2)C(=O)CCCCCCN)c1.Cl.Cl. The first kappa shape index (κ1) is 25.4. The highest BCUT2D eigenvalue weighted by molar-refractivity contribution is 5.85. The number of carbonyl (C=O) groups is 1. The summed E-state index contributed by atoms with van der Waals surface area (Å²) in [6, 6.07) is 14.2. The van der Waals surface area contributed by atoms with E-state index in [1.807, 2.05) is 29.2 Å². The van der Waals surface area contributed by atoms with Gasteiger partial charge in [0.25, 0.3) is 0 Å². The lowest BCUT2D eigenvalue weighted by molar-refractivity contribution is -0.132. The Kier molecular flexibility index (Phi) is 13.6. The molecule has 0 unspecified atom stereocenters. The van der Waals surface area contributed by atoms with E-state index in [1.165, 1.54) is 5.56 Å². The van der Waals surface area contributed by atoms with Gasteiger partial charge in [0, 0.05) is 19.2 Å². The van der Waals surface area contributed by atoms with E-state index in [0.29, 0.717) is 19.5 Å². The maximum absolute atomic E-state index is 12.7. The van der Waals surface area contributed by atoms with Crippen LogP contribution in [-0.2, 0) is 17.9 Å². The molecule has 0 aliphatic rings. The fourth-order valence-corrected chi connectivity index (χ4v) is 2.88. The van der Waals surface area contributed by atoms with Crippen LogP contribution in [0.1, 0.15) is 48.9 Å². The minimum Gasteiger partial charge on any atom is -0.332 e. The fourth-order valence-electron chi connectivity index (χ4n) is 2.88. The summed E-state index contributed by atoms with van der Waals surface area (Å²) in [5.74, 6) is 0.194. The van der Waals surface area contributed by atoms with Crippen molar-refractivity contribution in [2.45, 2.75) is 52.1 Å². The van der Waals surface area contributed by atoms with Crippen LogP contribution in [0.15, 0.2) is 48.7 Å². The van der Waals surface area contributed by atoms with Gasteiger partial charge in [0.1, 0.15) is 0 Å². The number of rotatable bonds is 10. The Balaban J connectivity index is 0.00000338. The summed E-state index contributed by atoms with van der Waals surface area (Å²) < 4.78 is 0. The van der Waals surface area contributed by atoms with Gasteiger partial charge in [0.15, 0.2) is 0 Å². The number of unbranched alkanes of at least 4 members (excludes halogenated alkanes) is 3. The van der Waals surface area contributed by atoms with Crippen LogP contribution in [0.2, 0.25) is 0 Å². The summed E-state index contributed by atoms with van der Waals surface area (Å²) in [5.41, 5.74) is 8.82. The van der Waals surface area contributed by atoms with Crippen molar-refractivity contribution in [3.8, 4) is 0 Å². The number of hydrogen-bond donors (Lipinski definition) is 1. The third kappa shape index (κ3) is 9.76. The van der Waals surface area contributed by atoms with Crippen molar-refractivity contribution in [3.63, 3.8) is 0 Å². The molecule has 0 saturated heterocycles. The number of aromatic nitrogens is 1. The Labute approximate surface area is 175 Å². The van der Waals surface area contributed by atoms with Gasteiger partial charge in [-0.2, -0.15) is 0 Å². The molecule has 0 aliphatic carbocycles. The number of amides is 1. The summed E-state index contributed by atoms with van der Waals surface area (Å²) in [6.45, 7) is 3.98. The van der Waals surface area contributed by atoms with E-state index >= 15 is 0 Å². The van der Waals surface area contributed by atoms with Crippen molar-refractivity contribution in [3.05, 3.63) is 65.5 Å². The average Bonchev–Trinajstić information content (AvgIpc) is 2.62. The molecule has 0 aliphatic heterocycles. The maximum atomic E-state index is 12.7. The van der Waals surface area contributed by atoms with Crippen LogP contribution in [0.5, 0.6) is 0 Å². The first-order chi connectivity index (χ1) is 12.2. The largest absolute Gasteiger partial charge is 0.332 e. The van der Waals surface area contributed by atoms with Crippen LogP contribution in [-0.4, -0.2) is 22.3 Å². The number of hydrogen-bond acceptors (Lipinski definition) is 3. The molecule has 0 radical (unpaired) electrons. The number of nitrogens with two attached hydrogens (primary N) is 1. The van der Waals surface area contributed by atoms with Crippen LogP contribution in [0.4, 0.5) is 0 Å². The molecule has 27 heavy (non-hydrogen) atoms. The van der Waals surface area contributed by atoms with Gasteiger partial charge < -0.3 is 10.6 Å². The normalized spacial score (nSPS) is 9.85. The molecule has 1 aromatic heterocycles. The molecule has 4 nitrogen and oxygen atoms in total. The zero-order valence-electron chi connectivity index (χ0n) is 16.0. The lowest BCUT2D eigenvalue weighted by Gasteiger charge is -2.23. The minimum atomic E-state index is 0. The topological polar surface area (TPSA) is 59.2 Å². The first-order valence-electron chi connectivity index (χ1n) is 9.12. The second kappa shape index (κ2) is 14.4. The van der Waals surface area contributed by atoms with Gasteiger partial charge in [-0.3, -0.25) is 9.78 Å². The quantitative estimate of drug-likeness (QED) is 0.577. The molecule has 0 atom stereocenters. The summed E-state index contributed by atoms with van der Waals surface area (Å²) in [5, 5.41) is 0. The van der Waals surface area contributed by atoms with Crippen molar-refractivity contribution in [2.24, 2.45) is 5.73 Å². The van der Waals surface area contributed by atoms with E-state index < -0.39 is 0 Å². The third-order valence-electron chi connectivity index (χ3n) is 4.23. The molecule has 1 heterocycles. The molecule has 0 spiro atoms.